The molecule has 0 aliphatic rings. The second-order valence-corrected chi connectivity index (χ2v) is 7.12. The molecule has 0 spiro atoms. The van der Waals surface area contributed by atoms with Crippen molar-refractivity contribution in [1.82, 2.24) is 0 Å². The second kappa shape index (κ2) is 9.84. The second-order valence-electron chi connectivity index (χ2n) is 7.12. The molecule has 0 heteroatoms. The Labute approximate surface area is 142 Å². The van der Waals surface area contributed by atoms with Crippen molar-refractivity contribution in [3.8, 4) is 0 Å². The van der Waals surface area contributed by atoms with Gasteiger partial charge in [-0.2, -0.15) is 0 Å². The van der Waals surface area contributed by atoms with Crippen LogP contribution in [0.3, 0.4) is 0 Å². The Morgan fingerprint density at radius 2 is 1.13 bits per heavy atom. The van der Waals surface area contributed by atoms with Gasteiger partial charge >= 0.3 is 0 Å². The van der Waals surface area contributed by atoms with Crippen LogP contribution in [0.25, 0.3) is 12.2 Å². The molecular formula is C23H30. The maximum absolute atomic E-state index is 2.22. The number of rotatable bonds is 3. The molecule has 0 heterocycles. The molecule has 0 unspecified atom stereocenters. The highest BCUT2D eigenvalue weighted by molar-refractivity contribution is 5.49. The van der Waals surface area contributed by atoms with Gasteiger partial charge in [0.05, 0.1) is 0 Å². The molecule has 0 atom stereocenters. The van der Waals surface area contributed by atoms with Gasteiger partial charge in [-0.3, -0.25) is 0 Å². The van der Waals surface area contributed by atoms with Crippen LogP contribution in [0.5, 0.6) is 0 Å². The lowest BCUT2D eigenvalue weighted by atomic mass is 9.95. The lowest BCUT2D eigenvalue weighted by molar-refractivity contribution is 0.547. The van der Waals surface area contributed by atoms with E-state index in [1.54, 1.807) is 0 Å². The molecular weight excluding hydrogens is 276 g/mol. The van der Waals surface area contributed by atoms with Gasteiger partial charge in [0.15, 0.2) is 0 Å². The van der Waals surface area contributed by atoms with Gasteiger partial charge in [-0.05, 0) is 22.5 Å². The average molecular weight is 306 g/mol. The Morgan fingerprint density at radius 3 is 1.52 bits per heavy atom. The van der Waals surface area contributed by atoms with Crippen LogP contribution in [-0.2, 0) is 0 Å². The number of hydrogen-bond acceptors (Lipinski definition) is 0. The average Bonchev–Trinajstić information content (AvgIpc) is 2.53. The Balaban J connectivity index is 0.000000231. The van der Waals surface area contributed by atoms with Crippen LogP contribution in [0, 0.1) is 11.3 Å². The summed E-state index contributed by atoms with van der Waals surface area (Å²) in [5, 5.41) is 0. The SMILES string of the molecule is CC(C)(C)C=Cc1ccccc1.CC(C)C=Cc1ccccc1. The minimum atomic E-state index is 0.274. The van der Waals surface area contributed by atoms with Crippen molar-refractivity contribution < 1.29 is 0 Å². The van der Waals surface area contributed by atoms with Crippen molar-refractivity contribution in [3.05, 3.63) is 83.9 Å². The van der Waals surface area contributed by atoms with E-state index in [4.69, 9.17) is 0 Å². The zero-order valence-electron chi connectivity index (χ0n) is 15.2. The van der Waals surface area contributed by atoms with Crippen LogP contribution in [0.15, 0.2) is 72.8 Å². The van der Waals surface area contributed by atoms with Crippen molar-refractivity contribution in [1.29, 1.82) is 0 Å². The fourth-order valence-electron chi connectivity index (χ4n) is 1.78. The molecule has 0 saturated heterocycles. The normalized spacial score (nSPS) is 11.7. The first kappa shape index (κ1) is 19.0. The van der Waals surface area contributed by atoms with Crippen LogP contribution in [0.1, 0.15) is 45.7 Å². The molecule has 0 saturated carbocycles. The van der Waals surface area contributed by atoms with Crippen molar-refractivity contribution in [2.45, 2.75) is 34.6 Å². The van der Waals surface area contributed by atoms with E-state index in [2.05, 4.69) is 107 Å². The van der Waals surface area contributed by atoms with Gasteiger partial charge in [0.1, 0.15) is 0 Å². The molecule has 122 valence electrons. The minimum Gasteiger partial charge on any atom is -0.0814 e. The van der Waals surface area contributed by atoms with Crippen molar-refractivity contribution in [2.75, 3.05) is 0 Å². The van der Waals surface area contributed by atoms with E-state index in [-0.39, 0.29) is 5.41 Å². The molecule has 0 nitrogen and oxygen atoms in total. The molecule has 0 N–H and O–H groups in total. The predicted molar refractivity (Wildman–Crippen MR) is 105 cm³/mol. The molecule has 2 aromatic rings. The zero-order chi connectivity index (χ0) is 17.1. The quantitative estimate of drug-likeness (QED) is 0.567. The van der Waals surface area contributed by atoms with Crippen molar-refractivity contribution >= 4 is 12.2 Å². The van der Waals surface area contributed by atoms with E-state index in [0.29, 0.717) is 5.92 Å². The lowest BCUT2D eigenvalue weighted by Crippen LogP contribution is -1.97. The van der Waals surface area contributed by atoms with Crippen LogP contribution in [-0.4, -0.2) is 0 Å². The van der Waals surface area contributed by atoms with Crippen molar-refractivity contribution in [3.63, 3.8) is 0 Å². The fourth-order valence-corrected chi connectivity index (χ4v) is 1.78. The van der Waals surface area contributed by atoms with Gasteiger partial charge in [-0.15, -0.1) is 0 Å². The summed E-state index contributed by atoms with van der Waals surface area (Å²) in [6.45, 7) is 11.0. The largest absolute Gasteiger partial charge is 0.0814 e. The smallest absolute Gasteiger partial charge is 0.0200 e. The van der Waals surface area contributed by atoms with E-state index < -0.39 is 0 Å². The van der Waals surface area contributed by atoms with Gasteiger partial charge < -0.3 is 0 Å². The Bertz CT molecular complexity index is 581. The zero-order valence-corrected chi connectivity index (χ0v) is 15.2. The van der Waals surface area contributed by atoms with Gasteiger partial charge in [0.2, 0.25) is 0 Å². The summed E-state index contributed by atoms with van der Waals surface area (Å²) in [4.78, 5) is 0. The number of benzene rings is 2. The summed E-state index contributed by atoms with van der Waals surface area (Å²) in [5.74, 6) is 0.634. The number of allylic oxidation sites excluding steroid dienone is 2. The van der Waals surface area contributed by atoms with E-state index in [1.165, 1.54) is 11.1 Å². The van der Waals surface area contributed by atoms with Gasteiger partial charge in [0.25, 0.3) is 0 Å². The molecule has 0 aliphatic heterocycles. The van der Waals surface area contributed by atoms with Crippen LogP contribution in [0.4, 0.5) is 0 Å². The third-order valence-corrected chi connectivity index (χ3v) is 3.05. The monoisotopic (exact) mass is 306 g/mol. The Kier molecular flexibility index (Phi) is 8.11. The molecule has 0 amide bonds. The Morgan fingerprint density at radius 1 is 0.696 bits per heavy atom. The predicted octanol–water partition coefficient (Wildman–Crippen LogP) is 7.10. The maximum atomic E-state index is 2.22. The topological polar surface area (TPSA) is 0 Å². The summed E-state index contributed by atoms with van der Waals surface area (Å²) in [6, 6.07) is 20.7. The Hall–Kier alpha value is -2.08. The van der Waals surface area contributed by atoms with Crippen molar-refractivity contribution in [2.24, 2.45) is 11.3 Å². The molecule has 0 bridgehead atoms. The highest BCUT2D eigenvalue weighted by Crippen LogP contribution is 2.16. The third-order valence-electron chi connectivity index (χ3n) is 3.05. The molecule has 0 fully saturated rings. The highest BCUT2D eigenvalue weighted by atomic mass is 14.1. The summed E-state index contributed by atoms with van der Waals surface area (Å²) in [6.07, 6.45) is 8.75. The van der Waals surface area contributed by atoms with Gasteiger partial charge in [-0.25, -0.2) is 0 Å². The van der Waals surface area contributed by atoms with Gasteiger partial charge in [0, 0.05) is 0 Å². The molecule has 2 rings (SSSR count). The van der Waals surface area contributed by atoms with Gasteiger partial charge in [-0.1, -0.05) is 120 Å². The van der Waals surface area contributed by atoms with E-state index in [1.807, 2.05) is 12.1 Å². The first-order chi connectivity index (χ1) is 10.9. The van der Waals surface area contributed by atoms with E-state index in [9.17, 15) is 0 Å². The van der Waals surface area contributed by atoms with E-state index >= 15 is 0 Å². The van der Waals surface area contributed by atoms with E-state index in [0.717, 1.165) is 0 Å². The fraction of sp³-hybridized carbons (Fsp3) is 0.304. The standard InChI is InChI=1S/C12H16.C11H14/c1-12(2,3)10-9-11-7-5-4-6-8-11;1-10(2)8-9-11-6-4-3-5-7-11/h4-10H,1-3H3;3-10H,1-2H3. The summed E-state index contributed by atoms with van der Waals surface area (Å²) in [7, 11) is 0. The maximum Gasteiger partial charge on any atom is -0.0200 e. The summed E-state index contributed by atoms with van der Waals surface area (Å²) < 4.78 is 0. The third kappa shape index (κ3) is 10.3. The first-order valence-corrected chi connectivity index (χ1v) is 8.34. The molecule has 0 aromatic heterocycles. The molecule has 0 aliphatic carbocycles. The molecule has 23 heavy (non-hydrogen) atoms. The first-order valence-electron chi connectivity index (χ1n) is 8.34. The highest BCUT2D eigenvalue weighted by Gasteiger charge is 2.02. The van der Waals surface area contributed by atoms with Crippen LogP contribution < -0.4 is 0 Å². The minimum absolute atomic E-state index is 0.274. The molecule has 2 aromatic carbocycles. The van der Waals surface area contributed by atoms with Crippen LogP contribution in [0.2, 0.25) is 0 Å². The molecule has 0 radical (unpaired) electrons. The lowest BCUT2D eigenvalue weighted by Gasteiger charge is -2.10. The summed E-state index contributed by atoms with van der Waals surface area (Å²) in [5.41, 5.74) is 2.82. The number of hydrogen-bond donors (Lipinski definition) is 0. The summed E-state index contributed by atoms with van der Waals surface area (Å²) >= 11 is 0. The van der Waals surface area contributed by atoms with Crippen LogP contribution >= 0.6 is 0 Å².